The third kappa shape index (κ3) is 7.38. The molecule has 0 heterocycles. The van der Waals surface area contributed by atoms with Gasteiger partial charge in [0.15, 0.2) is 0 Å². The molecule has 0 unspecified atom stereocenters. The van der Waals surface area contributed by atoms with Crippen molar-refractivity contribution in [2.24, 2.45) is 5.10 Å². The van der Waals surface area contributed by atoms with Crippen molar-refractivity contribution < 1.29 is 19.5 Å². The molecule has 0 saturated carbocycles. The highest BCUT2D eigenvalue weighted by molar-refractivity contribution is 6.33. The summed E-state index contributed by atoms with van der Waals surface area (Å²) in [4.78, 5) is 34.9. The first-order chi connectivity index (χ1) is 14.0. The SMILES string of the molecule is O=C(CCCCCNC(=O)c1ccccc1Cl)N/N=C\c1ccccc1C(=O)O. The molecular formula is C21H22ClN3O4. The van der Waals surface area contributed by atoms with Crippen LogP contribution in [0.4, 0.5) is 0 Å². The van der Waals surface area contributed by atoms with Gasteiger partial charge in [-0.3, -0.25) is 9.59 Å². The van der Waals surface area contributed by atoms with E-state index >= 15 is 0 Å². The fraction of sp³-hybridized carbons (Fsp3) is 0.238. The first-order valence-electron chi connectivity index (χ1n) is 9.16. The molecule has 0 spiro atoms. The molecule has 152 valence electrons. The van der Waals surface area contributed by atoms with Crippen LogP contribution in [0.25, 0.3) is 0 Å². The molecule has 2 amide bonds. The number of aromatic carboxylic acids is 1. The van der Waals surface area contributed by atoms with Crippen LogP contribution in [0.1, 0.15) is 52.0 Å². The Morgan fingerprint density at radius 2 is 1.66 bits per heavy atom. The topological polar surface area (TPSA) is 108 Å². The summed E-state index contributed by atoms with van der Waals surface area (Å²) in [5.41, 5.74) is 3.35. The summed E-state index contributed by atoms with van der Waals surface area (Å²) in [6, 6.07) is 13.2. The summed E-state index contributed by atoms with van der Waals surface area (Å²) in [5.74, 6) is -1.53. The maximum Gasteiger partial charge on any atom is 0.336 e. The van der Waals surface area contributed by atoms with Crippen LogP contribution in [0, 0.1) is 0 Å². The molecule has 29 heavy (non-hydrogen) atoms. The van der Waals surface area contributed by atoms with Crippen molar-refractivity contribution in [3.05, 3.63) is 70.2 Å². The highest BCUT2D eigenvalue weighted by atomic mass is 35.5. The number of carbonyl (C=O) groups is 3. The zero-order chi connectivity index (χ0) is 21.1. The van der Waals surface area contributed by atoms with E-state index in [1.54, 1.807) is 42.5 Å². The highest BCUT2D eigenvalue weighted by Gasteiger charge is 2.09. The van der Waals surface area contributed by atoms with Gasteiger partial charge in [0.1, 0.15) is 0 Å². The number of carboxylic acid groups (broad SMARTS) is 1. The van der Waals surface area contributed by atoms with Crippen molar-refractivity contribution in [3.63, 3.8) is 0 Å². The molecule has 3 N–H and O–H groups in total. The standard InChI is InChI=1S/C21H22ClN3O4/c22-18-11-6-5-10-17(18)20(27)23-13-7-1-2-12-19(26)25-24-14-15-8-3-4-9-16(15)21(28)29/h3-6,8-11,14H,1-2,7,12-13H2,(H,23,27)(H,25,26)(H,28,29)/b24-14-. The van der Waals surface area contributed by atoms with Crippen LogP contribution in [-0.2, 0) is 4.79 Å². The minimum Gasteiger partial charge on any atom is -0.478 e. The third-order valence-electron chi connectivity index (χ3n) is 4.07. The molecule has 0 aromatic heterocycles. The summed E-state index contributed by atoms with van der Waals surface area (Å²) < 4.78 is 0. The van der Waals surface area contributed by atoms with Crippen LogP contribution in [-0.4, -0.2) is 35.6 Å². The van der Waals surface area contributed by atoms with Crippen molar-refractivity contribution in [2.75, 3.05) is 6.54 Å². The van der Waals surface area contributed by atoms with E-state index in [-0.39, 0.29) is 23.8 Å². The van der Waals surface area contributed by atoms with E-state index < -0.39 is 5.97 Å². The van der Waals surface area contributed by atoms with Gasteiger partial charge in [-0.05, 0) is 31.0 Å². The number of amides is 2. The fourth-order valence-electron chi connectivity index (χ4n) is 2.56. The van der Waals surface area contributed by atoms with Gasteiger partial charge < -0.3 is 10.4 Å². The van der Waals surface area contributed by atoms with Crippen LogP contribution < -0.4 is 10.7 Å². The Hall–Kier alpha value is -3.19. The largest absolute Gasteiger partial charge is 0.478 e. The van der Waals surface area contributed by atoms with Gasteiger partial charge in [0.05, 0.1) is 22.4 Å². The Morgan fingerprint density at radius 3 is 2.38 bits per heavy atom. The molecule has 0 atom stereocenters. The number of hydrogen-bond acceptors (Lipinski definition) is 4. The zero-order valence-corrected chi connectivity index (χ0v) is 16.5. The Kier molecular flexibility index (Phi) is 8.85. The van der Waals surface area contributed by atoms with Gasteiger partial charge in [-0.1, -0.05) is 48.4 Å². The third-order valence-corrected chi connectivity index (χ3v) is 4.40. The molecule has 0 aliphatic rings. The quantitative estimate of drug-likeness (QED) is 0.313. The second kappa shape index (κ2) is 11.6. The van der Waals surface area contributed by atoms with Crippen molar-refractivity contribution in [3.8, 4) is 0 Å². The van der Waals surface area contributed by atoms with Crippen molar-refractivity contribution in [1.82, 2.24) is 10.7 Å². The van der Waals surface area contributed by atoms with Gasteiger partial charge >= 0.3 is 5.97 Å². The predicted molar refractivity (Wildman–Crippen MR) is 111 cm³/mol. The first kappa shape index (κ1) is 22.1. The number of carboxylic acids is 1. The smallest absolute Gasteiger partial charge is 0.336 e. The monoisotopic (exact) mass is 415 g/mol. The van der Waals surface area contributed by atoms with Crippen molar-refractivity contribution in [1.29, 1.82) is 0 Å². The lowest BCUT2D eigenvalue weighted by Crippen LogP contribution is -2.24. The molecule has 2 rings (SSSR count). The highest BCUT2D eigenvalue weighted by Crippen LogP contribution is 2.14. The van der Waals surface area contributed by atoms with E-state index in [9.17, 15) is 14.4 Å². The average molecular weight is 416 g/mol. The molecule has 2 aromatic rings. The molecule has 0 aliphatic heterocycles. The number of hydrogen-bond donors (Lipinski definition) is 3. The number of unbranched alkanes of at least 4 members (excludes halogenated alkanes) is 2. The van der Waals surface area contributed by atoms with Crippen molar-refractivity contribution >= 4 is 35.6 Å². The summed E-state index contributed by atoms with van der Waals surface area (Å²) in [6.07, 6.45) is 3.75. The van der Waals surface area contributed by atoms with E-state index in [1.807, 2.05) is 0 Å². The van der Waals surface area contributed by atoms with Gasteiger partial charge in [-0.2, -0.15) is 5.10 Å². The zero-order valence-electron chi connectivity index (χ0n) is 15.7. The summed E-state index contributed by atoms with van der Waals surface area (Å²) in [6.45, 7) is 0.496. The number of rotatable bonds is 10. The van der Waals surface area contributed by atoms with Gasteiger partial charge in [-0.15, -0.1) is 0 Å². The van der Waals surface area contributed by atoms with E-state index in [0.717, 1.165) is 12.8 Å². The second-order valence-electron chi connectivity index (χ2n) is 6.23. The Labute approximate surface area is 173 Å². The summed E-state index contributed by atoms with van der Waals surface area (Å²) >= 11 is 5.98. The molecule has 8 heteroatoms. The Morgan fingerprint density at radius 1 is 0.966 bits per heavy atom. The van der Waals surface area contributed by atoms with E-state index in [0.29, 0.717) is 29.1 Å². The predicted octanol–water partition coefficient (Wildman–Crippen LogP) is 3.48. The van der Waals surface area contributed by atoms with Crippen LogP contribution in [0.3, 0.4) is 0 Å². The lowest BCUT2D eigenvalue weighted by atomic mass is 10.1. The Bertz CT molecular complexity index is 899. The fourth-order valence-corrected chi connectivity index (χ4v) is 2.79. The van der Waals surface area contributed by atoms with Gasteiger partial charge in [0.2, 0.25) is 5.91 Å². The lowest BCUT2D eigenvalue weighted by Gasteiger charge is -2.06. The molecule has 0 aliphatic carbocycles. The first-order valence-corrected chi connectivity index (χ1v) is 9.54. The molecule has 2 aromatic carbocycles. The number of nitrogens with one attached hydrogen (secondary N) is 2. The summed E-state index contributed by atoms with van der Waals surface area (Å²) in [5, 5.41) is 16.1. The molecule has 0 bridgehead atoms. The molecule has 7 nitrogen and oxygen atoms in total. The number of benzene rings is 2. The average Bonchev–Trinajstić information content (AvgIpc) is 2.71. The molecule has 0 fully saturated rings. The van der Waals surface area contributed by atoms with Gasteiger partial charge in [0.25, 0.3) is 5.91 Å². The normalized spacial score (nSPS) is 10.7. The van der Waals surface area contributed by atoms with Crippen LogP contribution in [0.5, 0.6) is 0 Å². The van der Waals surface area contributed by atoms with E-state index in [2.05, 4.69) is 15.8 Å². The Balaban J connectivity index is 1.62. The lowest BCUT2D eigenvalue weighted by molar-refractivity contribution is -0.121. The molecule has 0 saturated heterocycles. The number of carbonyl (C=O) groups excluding carboxylic acids is 2. The maximum atomic E-state index is 12.0. The van der Waals surface area contributed by atoms with E-state index in [4.69, 9.17) is 16.7 Å². The van der Waals surface area contributed by atoms with Gasteiger partial charge in [-0.25, -0.2) is 10.2 Å². The van der Waals surface area contributed by atoms with Crippen molar-refractivity contribution in [2.45, 2.75) is 25.7 Å². The molecular weight excluding hydrogens is 394 g/mol. The minimum atomic E-state index is -1.06. The number of halogens is 1. The van der Waals surface area contributed by atoms with Crippen LogP contribution in [0.2, 0.25) is 5.02 Å². The second-order valence-corrected chi connectivity index (χ2v) is 6.64. The number of hydrazone groups is 1. The van der Waals surface area contributed by atoms with Gasteiger partial charge in [0, 0.05) is 18.5 Å². The van der Waals surface area contributed by atoms with Crippen LogP contribution in [0.15, 0.2) is 53.6 Å². The number of nitrogens with zero attached hydrogens (tertiary/aromatic N) is 1. The van der Waals surface area contributed by atoms with Crippen LogP contribution >= 0.6 is 11.6 Å². The minimum absolute atomic E-state index is 0.115. The van der Waals surface area contributed by atoms with E-state index in [1.165, 1.54) is 12.3 Å². The molecule has 0 radical (unpaired) electrons. The maximum absolute atomic E-state index is 12.0. The summed E-state index contributed by atoms with van der Waals surface area (Å²) in [7, 11) is 0.